The first kappa shape index (κ1) is 12.2. The van der Waals surface area contributed by atoms with E-state index in [1.165, 1.54) is 18.5 Å². The summed E-state index contributed by atoms with van der Waals surface area (Å²) in [4.78, 5) is 15.7. The van der Waals surface area contributed by atoms with Crippen molar-refractivity contribution in [1.82, 2.24) is 15.5 Å². The first-order valence-electron chi connectivity index (χ1n) is 5.40. The number of halogens is 1. The molecule has 0 aliphatic heterocycles. The van der Waals surface area contributed by atoms with Crippen LogP contribution in [0.3, 0.4) is 0 Å². The summed E-state index contributed by atoms with van der Waals surface area (Å²) in [6.45, 7) is 3.44. The first-order chi connectivity index (χ1) is 8.56. The number of carbonyl (C=O) groups excluding carboxylic acids is 1. The van der Waals surface area contributed by atoms with E-state index in [9.17, 15) is 9.18 Å². The molecular weight excluding hydrogens is 237 g/mol. The van der Waals surface area contributed by atoms with Gasteiger partial charge in [0.2, 0.25) is 6.39 Å². The minimum Gasteiger partial charge on any atom is -0.343 e. The van der Waals surface area contributed by atoms with Crippen LogP contribution < -0.4 is 5.32 Å². The molecule has 1 unspecified atom stereocenters. The number of amides is 1. The molecule has 1 amide bonds. The van der Waals surface area contributed by atoms with Crippen molar-refractivity contribution in [3.05, 3.63) is 47.4 Å². The Bertz CT molecular complexity index is 534. The number of nitrogens with one attached hydrogen (secondary N) is 1. The van der Waals surface area contributed by atoms with Crippen molar-refractivity contribution < 1.29 is 13.7 Å². The zero-order valence-electron chi connectivity index (χ0n) is 9.98. The summed E-state index contributed by atoms with van der Waals surface area (Å²) >= 11 is 0. The summed E-state index contributed by atoms with van der Waals surface area (Å²) in [7, 11) is 0. The molecule has 0 fully saturated rings. The van der Waals surface area contributed by atoms with Crippen LogP contribution in [0.15, 0.2) is 29.1 Å². The predicted molar refractivity (Wildman–Crippen MR) is 61.3 cm³/mol. The van der Waals surface area contributed by atoms with E-state index in [1.54, 1.807) is 19.9 Å². The summed E-state index contributed by atoms with van der Waals surface area (Å²) < 4.78 is 17.8. The maximum Gasteiger partial charge on any atom is 0.251 e. The van der Waals surface area contributed by atoms with Crippen molar-refractivity contribution in [1.29, 1.82) is 0 Å². The fourth-order valence-electron chi connectivity index (χ4n) is 1.58. The fourth-order valence-corrected chi connectivity index (χ4v) is 1.58. The van der Waals surface area contributed by atoms with E-state index in [0.717, 1.165) is 0 Å². The molecule has 1 atom stereocenters. The molecule has 1 aromatic heterocycles. The molecule has 1 N–H and O–H groups in total. The number of carbonyl (C=O) groups is 1. The Morgan fingerprint density at radius 3 is 2.83 bits per heavy atom. The lowest BCUT2D eigenvalue weighted by atomic mass is 10.1. The van der Waals surface area contributed by atoms with Gasteiger partial charge in [0.05, 0.1) is 6.04 Å². The Morgan fingerprint density at radius 1 is 1.44 bits per heavy atom. The van der Waals surface area contributed by atoms with Crippen LogP contribution >= 0.6 is 0 Å². The topological polar surface area (TPSA) is 68.0 Å². The SMILES string of the molecule is Cc1cc(F)cc(C(=O)NC(C)c2ncon2)c1. The Morgan fingerprint density at radius 2 is 2.22 bits per heavy atom. The van der Waals surface area contributed by atoms with E-state index in [1.807, 2.05) is 0 Å². The van der Waals surface area contributed by atoms with Crippen molar-refractivity contribution in [2.75, 3.05) is 0 Å². The number of aryl methyl sites for hydroxylation is 1. The van der Waals surface area contributed by atoms with Crippen LogP contribution in [0, 0.1) is 12.7 Å². The van der Waals surface area contributed by atoms with Crippen LogP contribution in [0.25, 0.3) is 0 Å². The van der Waals surface area contributed by atoms with Gasteiger partial charge in [-0.3, -0.25) is 4.79 Å². The van der Waals surface area contributed by atoms with Gasteiger partial charge in [0.15, 0.2) is 5.82 Å². The molecule has 1 heterocycles. The highest BCUT2D eigenvalue weighted by molar-refractivity contribution is 5.94. The van der Waals surface area contributed by atoms with Crippen molar-refractivity contribution in [2.45, 2.75) is 19.9 Å². The van der Waals surface area contributed by atoms with E-state index >= 15 is 0 Å². The molecule has 0 radical (unpaired) electrons. The molecule has 0 saturated heterocycles. The van der Waals surface area contributed by atoms with Gasteiger partial charge in [-0.15, -0.1) is 0 Å². The third kappa shape index (κ3) is 2.71. The Labute approximate surface area is 103 Å². The van der Waals surface area contributed by atoms with Crippen LogP contribution in [-0.4, -0.2) is 16.0 Å². The largest absolute Gasteiger partial charge is 0.343 e. The molecule has 5 nitrogen and oxygen atoms in total. The average molecular weight is 249 g/mol. The predicted octanol–water partition coefficient (Wildman–Crippen LogP) is 2.01. The lowest BCUT2D eigenvalue weighted by molar-refractivity contribution is 0.0937. The third-order valence-electron chi connectivity index (χ3n) is 2.42. The normalized spacial score (nSPS) is 12.2. The minimum atomic E-state index is -0.438. The molecular formula is C12H12FN3O2. The molecule has 6 heteroatoms. The van der Waals surface area contributed by atoms with Crippen LogP contribution in [0.4, 0.5) is 4.39 Å². The monoisotopic (exact) mass is 249 g/mol. The van der Waals surface area contributed by atoms with E-state index < -0.39 is 11.9 Å². The Hall–Kier alpha value is -2.24. The molecule has 0 bridgehead atoms. The molecule has 94 valence electrons. The van der Waals surface area contributed by atoms with Gasteiger partial charge >= 0.3 is 0 Å². The van der Waals surface area contributed by atoms with Crippen molar-refractivity contribution in [3.63, 3.8) is 0 Å². The zero-order chi connectivity index (χ0) is 13.1. The second kappa shape index (κ2) is 4.95. The van der Waals surface area contributed by atoms with Crippen LogP contribution in [0.1, 0.15) is 34.7 Å². The number of hydrogen-bond donors (Lipinski definition) is 1. The smallest absolute Gasteiger partial charge is 0.251 e. The highest BCUT2D eigenvalue weighted by Gasteiger charge is 2.15. The van der Waals surface area contributed by atoms with Gasteiger partial charge in [0.25, 0.3) is 5.91 Å². The average Bonchev–Trinajstić information content (AvgIpc) is 2.80. The zero-order valence-corrected chi connectivity index (χ0v) is 9.98. The number of benzene rings is 1. The van der Waals surface area contributed by atoms with Crippen molar-refractivity contribution in [2.24, 2.45) is 0 Å². The van der Waals surface area contributed by atoms with Gasteiger partial charge in [-0.2, -0.15) is 4.98 Å². The number of aromatic nitrogens is 2. The number of nitrogens with zero attached hydrogens (tertiary/aromatic N) is 2. The molecule has 0 spiro atoms. The molecule has 0 aliphatic rings. The Balaban J connectivity index is 2.12. The van der Waals surface area contributed by atoms with Crippen molar-refractivity contribution in [3.8, 4) is 0 Å². The summed E-state index contributed by atoms with van der Waals surface area (Å²) in [6, 6.07) is 3.76. The lowest BCUT2D eigenvalue weighted by Crippen LogP contribution is -2.27. The molecule has 18 heavy (non-hydrogen) atoms. The summed E-state index contributed by atoms with van der Waals surface area (Å²) in [5.74, 6) is -0.446. The highest BCUT2D eigenvalue weighted by atomic mass is 19.1. The fraction of sp³-hybridized carbons (Fsp3) is 0.250. The van der Waals surface area contributed by atoms with Crippen LogP contribution in [-0.2, 0) is 0 Å². The second-order valence-corrected chi connectivity index (χ2v) is 4.00. The maximum absolute atomic E-state index is 13.2. The second-order valence-electron chi connectivity index (χ2n) is 4.00. The molecule has 2 rings (SSSR count). The quantitative estimate of drug-likeness (QED) is 0.903. The van der Waals surface area contributed by atoms with Crippen molar-refractivity contribution >= 4 is 5.91 Å². The van der Waals surface area contributed by atoms with Gasteiger partial charge < -0.3 is 9.84 Å². The lowest BCUT2D eigenvalue weighted by Gasteiger charge is -2.10. The van der Waals surface area contributed by atoms with Gasteiger partial charge in [0, 0.05) is 5.56 Å². The van der Waals surface area contributed by atoms with Gasteiger partial charge in [-0.05, 0) is 37.6 Å². The maximum atomic E-state index is 13.2. The summed E-state index contributed by atoms with van der Waals surface area (Å²) in [5, 5.41) is 6.29. The third-order valence-corrected chi connectivity index (χ3v) is 2.42. The van der Waals surface area contributed by atoms with Gasteiger partial charge in [-0.25, -0.2) is 4.39 Å². The van der Waals surface area contributed by atoms with E-state index in [-0.39, 0.29) is 11.5 Å². The first-order valence-corrected chi connectivity index (χ1v) is 5.40. The van der Waals surface area contributed by atoms with E-state index in [2.05, 4.69) is 20.0 Å². The van der Waals surface area contributed by atoms with E-state index in [4.69, 9.17) is 0 Å². The van der Waals surface area contributed by atoms with E-state index in [0.29, 0.717) is 11.4 Å². The van der Waals surface area contributed by atoms with Crippen LogP contribution in [0.5, 0.6) is 0 Å². The molecule has 1 aromatic carbocycles. The molecule has 0 aliphatic carbocycles. The summed E-state index contributed by atoms with van der Waals surface area (Å²) in [6.07, 6.45) is 1.18. The Kier molecular flexibility index (Phi) is 3.36. The van der Waals surface area contributed by atoms with Gasteiger partial charge in [0.1, 0.15) is 5.82 Å². The van der Waals surface area contributed by atoms with Crippen LogP contribution in [0.2, 0.25) is 0 Å². The molecule has 0 saturated carbocycles. The summed E-state index contributed by atoms with van der Waals surface area (Å²) in [5.41, 5.74) is 0.954. The number of hydrogen-bond acceptors (Lipinski definition) is 4. The minimum absolute atomic E-state index is 0.267. The molecule has 2 aromatic rings. The number of rotatable bonds is 3. The highest BCUT2D eigenvalue weighted by Crippen LogP contribution is 2.11. The standard InChI is InChI=1S/C12H12FN3O2/c1-7-3-9(5-10(13)4-7)12(17)15-8(2)11-14-6-18-16-11/h3-6,8H,1-2H3,(H,15,17). The van der Waals surface area contributed by atoms with Gasteiger partial charge in [-0.1, -0.05) is 5.16 Å².